The van der Waals surface area contributed by atoms with Crippen LogP contribution >= 0.6 is 0 Å². The molecule has 4 N–H and O–H groups in total. The van der Waals surface area contributed by atoms with Gasteiger partial charge in [-0.25, -0.2) is 9.59 Å². The van der Waals surface area contributed by atoms with Crippen molar-refractivity contribution in [2.24, 2.45) is 0 Å². The quantitative estimate of drug-likeness (QED) is 0.334. The van der Waals surface area contributed by atoms with Crippen molar-refractivity contribution in [3.8, 4) is 0 Å². The van der Waals surface area contributed by atoms with Crippen LogP contribution in [0.3, 0.4) is 0 Å². The van der Waals surface area contributed by atoms with Gasteiger partial charge in [-0.2, -0.15) is 0 Å². The second-order valence-electron chi connectivity index (χ2n) is 3.60. The molecule has 0 spiro atoms. The van der Waals surface area contributed by atoms with Gasteiger partial charge in [-0.1, -0.05) is 32.9 Å². The van der Waals surface area contributed by atoms with Gasteiger partial charge in [-0.15, -0.1) is 0 Å². The van der Waals surface area contributed by atoms with E-state index in [1.54, 1.807) is 0 Å². The standard InChI is InChI=1S/C6H14O2.C4H6O2.C3H4O2/c1-2-3-4-5-6(7)8;1-3(2)4(5)6;1-2-3(4)5/h6-8H,2-5H2,1H3;1H2,2H3,(H,5,6);2H,1H2,(H,4,5). The van der Waals surface area contributed by atoms with Crippen molar-refractivity contribution in [3.63, 3.8) is 0 Å². The monoisotopic (exact) mass is 276 g/mol. The van der Waals surface area contributed by atoms with E-state index in [0.717, 1.165) is 25.3 Å². The Bertz CT molecular complexity index is 258. The maximum Gasteiger partial charge on any atom is 0.330 e. The van der Waals surface area contributed by atoms with Gasteiger partial charge in [0.05, 0.1) is 0 Å². The molecule has 0 bridgehead atoms. The highest BCUT2D eigenvalue weighted by atomic mass is 16.5. The lowest BCUT2D eigenvalue weighted by atomic mass is 10.2. The second kappa shape index (κ2) is 16.3. The van der Waals surface area contributed by atoms with Gasteiger partial charge >= 0.3 is 11.9 Å². The molecule has 0 radical (unpaired) electrons. The lowest BCUT2D eigenvalue weighted by molar-refractivity contribution is -0.133. The molecule has 0 unspecified atom stereocenters. The summed E-state index contributed by atoms with van der Waals surface area (Å²) in [6.07, 6.45) is 3.41. The van der Waals surface area contributed by atoms with Gasteiger partial charge < -0.3 is 20.4 Å². The van der Waals surface area contributed by atoms with Gasteiger partial charge in [0, 0.05) is 11.6 Å². The Balaban J connectivity index is -0.000000209. The molecule has 0 atom stereocenters. The molecule has 6 nitrogen and oxygen atoms in total. The van der Waals surface area contributed by atoms with Crippen LogP contribution in [0, 0.1) is 0 Å². The van der Waals surface area contributed by atoms with Gasteiger partial charge in [0.1, 0.15) is 0 Å². The number of aliphatic hydroxyl groups is 2. The summed E-state index contributed by atoms with van der Waals surface area (Å²) in [5.41, 5.74) is 0.176. The van der Waals surface area contributed by atoms with E-state index >= 15 is 0 Å². The van der Waals surface area contributed by atoms with Gasteiger partial charge in [-0.05, 0) is 19.8 Å². The van der Waals surface area contributed by atoms with Crippen molar-refractivity contribution >= 4 is 11.9 Å². The van der Waals surface area contributed by atoms with Crippen LogP contribution in [0.4, 0.5) is 0 Å². The normalized spacial score (nSPS) is 8.47. The number of carbonyl (C=O) groups is 2. The van der Waals surface area contributed by atoms with Gasteiger partial charge in [0.25, 0.3) is 0 Å². The molecule has 0 aromatic heterocycles. The molecular formula is C13H24O6. The number of rotatable bonds is 6. The second-order valence-corrected chi connectivity index (χ2v) is 3.60. The summed E-state index contributed by atoms with van der Waals surface area (Å²) < 4.78 is 0. The van der Waals surface area contributed by atoms with E-state index in [1.807, 2.05) is 0 Å². The molecule has 0 heterocycles. The minimum atomic E-state index is -1.10. The maximum absolute atomic E-state index is 9.60. The first-order chi connectivity index (χ1) is 8.68. The van der Waals surface area contributed by atoms with Crippen LogP contribution in [0.5, 0.6) is 0 Å². The van der Waals surface area contributed by atoms with Crippen LogP contribution in [-0.2, 0) is 9.59 Å². The van der Waals surface area contributed by atoms with Gasteiger partial charge in [0.15, 0.2) is 6.29 Å². The first-order valence-electron chi connectivity index (χ1n) is 5.79. The molecule has 19 heavy (non-hydrogen) atoms. The number of carboxylic acids is 2. The van der Waals surface area contributed by atoms with E-state index < -0.39 is 18.2 Å². The van der Waals surface area contributed by atoms with E-state index in [2.05, 4.69) is 20.1 Å². The minimum absolute atomic E-state index is 0.176. The molecule has 0 saturated carbocycles. The molecule has 0 saturated heterocycles. The summed E-state index contributed by atoms with van der Waals surface area (Å²) in [6, 6.07) is 0. The Morgan fingerprint density at radius 3 is 1.74 bits per heavy atom. The van der Waals surface area contributed by atoms with Crippen molar-refractivity contribution in [2.45, 2.75) is 45.8 Å². The van der Waals surface area contributed by atoms with Crippen LogP contribution in [-0.4, -0.2) is 38.7 Å². The maximum atomic E-state index is 9.60. The zero-order chi connectivity index (χ0) is 15.8. The molecule has 0 aliphatic carbocycles. The van der Waals surface area contributed by atoms with E-state index in [4.69, 9.17) is 20.4 Å². The fourth-order valence-electron chi connectivity index (χ4n) is 0.577. The highest BCUT2D eigenvalue weighted by Crippen LogP contribution is 1.99. The van der Waals surface area contributed by atoms with Gasteiger partial charge in [0.2, 0.25) is 0 Å². The van der Waals surface area contributed by atoms with Crippen LogP contribution in [0.25, 0.3) is 0 Å². The highest BCUT2D eigenvalue weighted by Gasteiger charge is 1.93. The summed E-state index contributed by atoms with van der Waals surface area (Å²) in [6.45, 7) is 9.65. The Morgan fingerprint density at radius 2 is 1.58 bits per heavy atom. The number of hydrogen-bond acceptors (Lipinski definition) is 4. The largest absolute Gasteiger partial charge is 0.478 e. The first kappa shape index (κ1) is 22.5. The topological polar surface area (TPSA) is 115 Å². The Morgan fingerprint density at radius 1 is 1.21 bits per heavy atom. The molecule has 0 aromatic carbocycles. The average Bonchev–Trinajstić information content (AvgIpc) is 2.30. The number of hydrogen-bond donors (Lipinski definition) is 4. The lowest BCUT2D eigenvalue weighted by Crippen LogP contribution is -2.02. The van der Waals surface area contributed by atoms with Crippen LogP contribution < -0.4 is 0 Å². The van der Waals surface area contributed by atoms with Crippen LogP contribution in [0.15, 0.2) is 24.8 Å². The Labute approximate surface area is 113 Å². The molecular weight excluding hydrogens is 252 g/mol. The summed E-state index contributed by atoms with van der Waals surface area (Å²) in [4.78, 5) is 18.8. The first-order valence-corrected chi connectivity index (χ1v) is 5.79. The van der Waals surface area contributed by atoms with E-state index in [1.165, 1.54) is 6.92 Å². The zero-order valence-corrected chi connectivity index (χ0v) is 11.5. The molecule has 0 fully saturated rings. The zero-order valence-electron chi connectivity index (χ0n) is 11.5. The molecule has 0 aliphatic rings. The Hall–Kier alpha value is -1.66. The Kier molecular flexibility index (Phi) is 19.4. The third kappa shape index (κ3) is 38.5. The van der Waals surface area contributed by atoms with Crippen LogP contribution in [0.2, 0.25) is 0 Å². The highest BCUT2D eigenvalue weighted by molar-refractivity contribution is 5.84. The fourth-order valence-corrected chi connectivity index (χ4v) is 0.577. The molecule has 6 heteroatoms. The molecule has 0 aliphatic heterocycles. The third-order valence-corrected chi connectivity index (χ3v) is 1.61. The summed E-state index contributed by atoms with van der Waals surface area (Å²) in [7, 11) is 0. The summed E-state index contributed by atoms with van der Waals surface area (Å²) in [5.74, 6) is -1.92. The smallest absolute Gasteiger partial charge is 0.330 e. The summed E-state index contributed by atoms with van der Waals surface area (Å²) in [5, 5.41) is 32.2. The van der Waals surface area contributed by atoms with Crippen molar-refractivity contribution in [1.82, 2.24) is 0 Å². The third-order valence-electron chi connectivity index (χ3n) is 1.61. The van der Waals surface area contributed by atoms with Crippen molar-refractivity contribution in [2.75, 3.05) is 0 Å². The minimum Gasteiger partial charge on any atom is -0.478 e. The van der Waals surface area contributed by atoms with Crippen molar-refractivity contribution in [3.05, 3.63) is 24.8 Å². The molecule has 0 amide bonds. The van der Waals surface area contributed by atoms with Gasteiger partial charge in [-0.3, -0.25) is 0 Å². The van der Waals surface area contributed by atoms with E-state index in [9.17, 15) is 9.59 Å². The predicted molar refractivity (Wildman–Crippen MR) is 72.7 cm³/mol. The predicted octanol–water partition coefficient (Wildman–Crippen LogP) is 1.78. The van der Waals surface area contributed by atoms with E-state index in [0.29, 0.717) is 6.42 Å². The van der Waals surface area contributed by atoms with Crippen molar-refractivity contribution < 1.29 is 30.0 Å². The summed E-state index contributed by atoms with van der Waals surface area (Å²) >= 11 is 0. The number of carboxylic acid groups (broad SMARTS) is 2. The van der Waals surface area contributed by atoms with E-state index in [-0.39, 0.29) is 5.57 Å². The SMILES string of the molecule is C=C(C)C(=O)O.C=CC(=O)O.CCCCCC(O)O. The molecule has 0 rings (SSSR count). The van der Waals surface area contributed by atoms with Crippen molar-refractivity contribution in [1.29, 1.82) is 0 Å². The number of unbranched alkanes of at least 4 members (excludes halogenated alkanes) is 2. The van der Waals surface area contributed by atoms with Crippen LogP contribution in [0.1, 0.15) is 39.5 Å². The fraction of sp³-hybridized carbons (Fsp3) is 0.538. The number of aliphatic carboxylic acids is 2. The average molecular weight is 276 g/mol. The molecule has 112 valence electrons. The lowest BCUT2D eigenvalue weighted by Gasteiger charge is -1.99. The number of aliphatic hydroxyl groups excluding tert-OH is 1. The molecule has 0 aromatic rings.